The number of para-hydroxylation sites is 1. The Morgan fingerprint density at radius 1 is 1.15 bits per heavy atom. The quantitative estimate of drug-likeness (QED) is 0.924. The molecule has 20 heavy (non-hydrogen) atoms. The van der Waals surface area contributed by atoms with E-state index in [1.54, 1.807) is 0 Å². The molecule has 1 aliphatic rings. The maximum absolute atomic E-state index is 4.68. The number of piperidine rings is 1. The van der Waals surface area contributed by atoms with E-state index in [0.29, 0.717) is 11.8 Å². The molecule has 1 saturated heterocycles. The van der Waals surface area contributed by atoms with E-state index in [4.69, 9.17) is 0 Å². The van der Waals surface area contributed by atoms with Crippen LogP contribution in [-0.4, -0.2) is 22.9 Å². The predicted molar refractivity (Wildman–Crippen MR) is 82.5 cm³/mol. The van der Waals surface area contributed by atoms with Crippen molar-refractivity contribution in [1.29, 1.82) is 0 Å². The Bertz CT molecular complexity index is 551. The van der Waals surface area contributed by atoms with Crippen LogP contribution in [0.1, 0.15) is 49.8 Å². The molecule has 0 radical (unpaired) electrons. The third-order valence-electron chi connectivity index (χ3n) is 4.18. The molecular weight excluding hydrogens is 246 g/mol. The second-order valence-electron chi connectivity index (χ2n) is 5.91. The average molecular weight is 269 g/mol. The molecule has 3 nitrogen and oxygen atoms in total. The lowest BCUT2D eigenvalue weighted by Gasteiger charge is -2.25. The van der Waals surface area contributed by atoms with Crippen LogP contribution in [0.4, 0.5) is 0 Å². The second-order valence-corrected chi connectivity index (χ2v) is 5.91. The van der Waals surface area contributed by atoms with Gasteiger partial charge in [0.15, 0.2) is 0 Å². The van der Waals surface area contributed by atoms with E-state index in [9.17, 15) is 0 Å². The lowest BCUT2D eigenvalue weighted by molar-refractivity contribution is 0.443. The number of hydrogen-bond acceptors (Lipinski definition) is 2. The zero-order valence-corrected chi connectivity index (χ0v) is 12.3. The van der Waals surface area contributed by atoms with Gasteiger partial charge in [-0.25, -0.2) is 4.68 Å². The molecule has 2 aromatic rings. The van der Waals surface area contributed by atoms with Crippen molar-refractivity contribution in [3.63, 3.8) is 0 Å². The molecule has 0 saturated carbocycles. The average Bonchev–Trinajstić information content (AvgIpc) is 2.94. The Kier molecular flexibility index (Phi) is 3.88. The smallest absolute Gasteiger partial charge is 0.0649 e. The van der Waals surface area contributed by atoms with E-state index < -0.39 is 0 Å². The lowest BCUT2D eigenvalue weighted by Crippen LogP contribution is -2.28. The first-order chi connectivity index (χ1) is 9.77. The highest BCUT2D eigenvalue weighted by Gasteiger charge is 2.24. The molecule has 1 aliphatic heterocycles. The van der Waals surface area contributed by atoms with Crippen LogP contribution in [-0.2, 0) is 0 Å². The minimum Gasteiger partial charge on any atom is -0.317 e. The van der Waals surface area contributed by atoms with Crippen LogP contribution in [0.2, 0.25) is 0 Å². The third kappa shape index (κ3) is 2.50. The molecule has 1 aromatic heterocycles. The van der Waals surface area contributed by atoms with Gasteiger partial charge in [0, 0.05) is 5.92 Å². The van der Waals surface area contributed by atoms with Crippen molar-refractivity contribution in [2.24, 2.45) is 0 Å². The Labute approximate surface area is 121 Å². The van der Waals surface area contributed by atoms with Gasteiger partial charge in [0.25, 0.3) is 0 Å². The van der Waals surface area contributed by atoms with Gasteiger partial charge in [-0.15, -0.1) is 0 Å². The molecule has 1 aromatic carbocycles. The molecule has 106 valence electrons. The zero-order valence-electron chi connectivity index (χ0n) is 12.3. The minimum atomic E-state index is 0.525. The highest BCUT2D eigenvalue weighted by atomic mass is 15.3. The summed E-state index contributed by atoms with van der Waals surface area (Å²) in [6.45, 7) is 6.75. The van der Waals surface area contributed by atoms with Gasteiger partial charge in [-0.2, -0.15) is 5.10 Å². The number of hydrogen-bond donors (Lipinski definition) is 1. The normalized spacial score (nSPS) is 16.8. The molecule has 0 spiro atoms. The van der Waals surface area contributed by atoms with Crippen molar-refractivity contribution in [1.82, 2.24) is 15.1 Å². The Hall–Kier alpha value is -1.61. The van der Waals surface area contributed by atoms with Gasteiger partial charge in [-0.05, 0) is 49.5 Å². The van der Waals surface area contributed by atoms with E-state index in [0.717, 1.165) is 13.1 Å². The van der Waals surface area contributed by atoms with Gasteiger partial charge in [0.1, 0.15) is 0 Å². The van der Waals surface area contributed by atoms with E-state index in [1.165, 1.54) is 29.8 Å². The Morgan fingerprint density at radius 2 is 1.85 bits per heavy atom. The summed E-state index contributed by atoms with van der Waals surface area (Å²) in [4.78, 5) is 0. The highest BCUT2D eigenvalue weighted by Crippen LogP contribution is 2.33. The maximum atomic E-state index is 4.68. The van der Waals surface area contributed by atoms with Crippen LogP contribution < -0.4 is 5.32 Å². The first-order valence-electron chi connectivity index (χ1n) is 7.61. The molecule has 3 rings (SSSR count). The van der Waals surface area contributed by atoms with Crippen LogP contribution in [0, 0.1) is 0 Å². The van der Waals surface area contributed by atoms with Crippen LogP contribution in [0.3, 0.4) is 0 Å². The van der Waals surface area contributed by atoms with E-state index in [1.807, 2.05) is 0 Å². The Balaban J connectivity index is 2.06. The fraction of sp³-hybridized carbons (Fsp3) is 0.471. The Morgan fingerprint density at radius 3 is 2.50 bits per heavy atom. The van der Waals surface area contributed by atoms with E-state index >= 15 is 0 Å². The molecule has 1 fully saturated rings. The summed E-state index contributed by atoms with van der Waals surface area (Å²) < 4.78 is 2.16. The maximum Gasteiger partial charge on any atom is 0.0649 e. The van der Waals surface area contributed by atoms with Crippen molar-refractivity contribution in [3.8, 4) is 5.69 Å². The molecular formula is C17H23N3. The molecule has 2 heterocycles. The van der Waals surface area contributed by atoms with Crippen molar-refractivity contribution in [2.45, 2.75) is 38.5 Å². The summed E-state index contributed by atoms with van der Waals surface area (Å²) >= 11 is 0. The number of aromatic nitrogens is 2. The predicted octanol–water partition coefficient (Wildman–Crippen LogP) is 3.46. The van der Waals surface area contributed by atoms with Gasteiger partial charge in [-0.3, -0.25) is 0 Å². The van der Waals surface area contributed by atoms with Gasteiger partial charge < -0.3 is 5.32 Å². The molecule has 3 heteroatoms. The fourth-order valence-electron chi connectivity index (χ4n) is 3.09. The second kappa shape index (κ2) is 5.80. The number of benzene rings is 1. The van der Waals surface area contributed by atoms with Crippen LogP contribution in [0.5, 0.6) is 0 Å². The SMILES string of the molecule is CC(C)c1cnn(-c2ccccc2)c1C1CCNCC1. The number of nitrogens with zero attached hydrogens (tertiary/aromatic N) is 2. The third-order valence-corrected chi connectivity index (χ3v) is 4.18. The van der Waals surface area contributed by atoms with Crippen molar-refractivity contribution >= 4 is 0 Å². The van der Waals surface area contributed by atoms with Crippen LogP contribution in [0.25, 0.3) is 5.69 Å². The summed E-state index contributed by atoms with van der Waals surface area (Å²) in [5.74, 6) is 1.15. The largest absolute Gasteiger partial charge is 0.317 e. The van der Waals surface area contributed by atoms with Crippen LogP contribution in [0.15, 0.2) is 36.5 Å². The molecule has 0 unspecified atom stereocenters. The van der Waals surface area contributed by atoms with Crippen molar-refractivity contribution in [2.75, 3.05) is 13.1 Å². The van der Waals surface area contributed by atoms with Gasteiger partial charge in [0.2, 0.25) is 0 Å². The number of rotatable bonds is 3. The lowest BCUT2D eigenvalue weighted by atomic mass is 9.89. The molecule has 0 aliphatic carbocycles. The molecule has 1 N–H and O–H groups in total. The van der Waals surface area contributed by atoms with E-state index in [2.05, 4.69) is 65.5 Å². The van der Waals surface area contributed by atoms with E-state index in [-0.39, 0.29) is 0 Å². The highest BCUT2D eigenvalue weighted by molar-refractivity contribution is 5.37. The zero-order chi connectivity index (χ0) is 13.9. The van der Waals surface area contributed by atoms with Crippen molar-refractivity contribution in [3.05, 3.63) is 47.8 Å². The monoisotopic (exact) mass is 269 g/mol. The standard InChI is InChI=1S/C17H23N3/c1-13(2)16-12-19-20(15-6-4-3-5-7-15)17(16)14-8-10-18-11-9-14/h3-7,12-14,18H,8-11H2,1-2H3. The summed E-state index contributed by atoms with van der Waals surface area (Å²) in [5.41, 5.74) is 4.00. The minimum absolute atomic E-state index is 0.525. The topological polar surface area (TPSA) is 29.9 Å². The summed E-state index contributed by atoms with van der Waals surface area (Å²) in [6, 6.07) is 10.5. The van der Waals surface area contributed by atoms with Crippen molar-refractivity contribution < 1.29 is 0 Å². The summed E-state index contributed by atoms with van der Waals surface area (Å²) in [5, 5.41) is 8.13. The first kappa shape index (κ1) is 13.4. The summed E-state index contributed by atoms with van der Waals surface area (Å²) in [6.07, 6.45) is 4.48. The summed E-state index contributed by atoms with van der Waals surface area (Å²) in [7, 11) is 0. The van der Waals surface area contributed by atoms with Crippen LogP contribution >= 0.6 is 0 Å². The first-order valence-corrected chi connectivity index (χ1v) is 7.61. The molecule has 0 amide bonds. The molecule has 0 atom stereocenters. The fourth-order valence-corrected chi connectivity index (χ4v) is 3.09. The molecule has 0 bridgehead atoms. The van der Waals surface area contributed by atoms with Gasteiger partial charge in [-0.1, -0.05) is 32.0 Å². The number of nitrogens with one attached hydrogen (secondary N) is 1. The van der Waals surface area contributed by atoms with Gasteiger partial charge in [0.05, 0.1) is 17.6 Å². The van der Waals surface area contributed by atoms with Gasteiger partial charge >= 0.3 is 0 Å².